The maximum absolute atomic E-state index is 13.2. The summed E-state index contributed by atoms with van der Waals surface area (Å²) in [6, 6.07) is 3.77. The van der Waals surface area contributed by atoms with E-state index in [4.69, 9.17) is 4.74 Å². The summed E-state index contributed by atoms with van der Waals surface area (Å²) in [4.78, 5) is 9.24. The second-order valence-electron chi connectivity index (χ2n) is 3.93. The van der Waals surface area contributed by atoms with Gasteiger partial charge in [-0.05, 0) is 17.7 Å². The average Bonchev–Trinajstić information content (AvgIpc) is 2.36. The molecule has 0 aliphatic carbocycles. The Kier molecular flexibility index (Phi) is 3.71. The number of halogens is 5. The molecule has 1 aliphatic rings. The Morgan fingerprint density at radius 3 is 2.68 bits per heavy atom. The van der Waals surface area contributed by atoms with Crippen LogP contribution in [0.3, 0.4) is 0 Å². The summed E-state index contributed by atoms with van der Waals surface area (Å²) in [5, 5.41) is 2.42. The molecule has 1 aromatic carbocycles. The number of anilines is 1. The van der Waals surface area contributed by atoms with Crippen LogP contribution in [0.5, 0.6) is 5.75 Å². The molecule has 1 N–H and O–H groups in total. The first-order valence-corrected chi connectivity index (χ1v) is 6.10. The molecule has 1 aliphatic heterocycles. The lowest BCUT2D eigenvalue weighted by molar-refractivity contribution is -0.127. The van der Waals surface area contributed by atoms with Crippen molar-refractivity contribution in [3.63, 3.8) is 0 Å². The number of fused-ring (bicyclic) bond motifs is 1. The Hall–Kier alpha value is -1.31. The molecule has 1 aromatic rings. The van der Waals surface area contributed by atoms with Crippen LogP contribution < -0.4 is 10.1 Å². The normalized spacial score (nSPS) is 16.6. The van der Waals surface area contributed by atoms with E-state index in [1.165, 1.54) is 18.2 Å². The standard InChI is InChI=1S/C11H8BrF4NO2/c12-9(11(15,16)10(13)14)5-1-2-7-6(3-5)17-8(18)4-19-7/h1-3,9-10H,4H2,(H,17,18). The predicted octanol–water partition coefficient (Wildman–Crippen LogP) is 3.35. The molecular weight excluding hydrogens is 334 g/mol. The maximum atomic E-state index is 13.2. The fraction of sp³-hybridized carbons (Fsp3) is 0.364. The highest BCUT2D eigenvalue weighted by Gasteiger charge is 2.48. The zero-order valence-corrected chi connectivity index (χ0v) is 10.9. The molecule has 3 nitrogen and oxygen atoms in total. The molecule has 1 amide bonds. The molecule has 104 valence electrons. The van der Waals surface area contributed by atoms with E-state index in [0.717, 1.165) is 0 Å². The van der Waals surface area contributed by atoms with E-state index in [2.05, 4.69) is 21.2 Å². The second kappa shape index (κ2) is 4.99. The molecule has 0 bridgehead atoms. The minimum atomic E-state index is -4.21. The van der Waals surface area contributed by atoms with E-state index in [0.29, 0.717) is 5.75 Å². The smallest absolute Gasteiger partial charge is 0.323 e. The Morgan fingerprint density at radius 2 is 2.05 bits per heavy atom. The van der Waals surface area contributed by atoms with Gasteiger partial charge in [-0.25, -0.2) is 8.78 Å². The SMILES string of the molecule is O=C1COc2ccc(C(Br)C(F)(F)C(F)F)cc2N1. The Bertz CT molecular complexity index is 509. The van der Waals surface area contributed by atoms with Crippen LogP contribution in [0.4, 0.5) is 23.2 Å². The van der Waals surface area contributed by atoms with E-state index >= 15 is 0 Å². The highest BCUT2D eigenvalue weighted by Crippen LogP contribution is 2.44. The first-order chi connectivity index (χ1) is 8.82. The molecule has 0 saturated carbocycles. The zero-order valence-electron chi connectivity index (χ0n) is 9.30. The molecule has 1 atom stereocenters. The van der Waals surface area contributed by atoms with Crippen LogP contribution in [0.2, 0.25) is 0 Å². The van der Waals surface area contributed by atoms with E-state index < -0.39 is 23.1 Å². The van der Waals surface area contributed by atoms with E-state index in [9.17, 15) is 22.4 Å². The first kappa shape index (κ1) is 14.1. The monoisotopic (exact) mass is 341 g/mol. The summed E-state index contributed by atoms with van der Waals surface area (Å²) in [7, 11) is 0. The number of alkyl halides is 5. The number of ether oxygens (including phenoxy) is 1. The maximum Gasteiger partial charge on any atom is 0.323 e. The van der Waals surface area contributed by atoms with Crippen molar-refractivity contribution >= 4 is 27.5 Å². The van der Waals surface area contributed by atoms with Crippen LogP contribution in [0.1, 0.15) is 10.4 Å². The summed E-state index contributed by atoms with van der Waals surface area (Å²) in [5.74, 6) is -4.34. The van der Waals surface area contributed by atoms with Crippen molar-refractivity contribution in [2.75, 3.05) is 11.9 Å². The van der Waals surface area contributed by atoms with Gasteiger partial charge < -0.3 is 10.1 Å². The fourth-order valence-electron chi connectivity index (χ4n) is 1.59. The van der Waals surface area contributed by atoms with Crippen molar-refractivity contribution in [1.82, 2.24) is 0 Å². The summed E-state index contributed by atoms with van der Waals surface area (Å²) in [6.07, 6.45) is -3.79. The molecule has 19 heavy (non-hydrogen) atoms. The lowest BCUT2D eigenvalue weighted by atomic mass is 10.1. The lowest BCUT2D eigenvalue weighted by Crippen LogP contribution is -2.31. The quantitative estimate of drug-likeness (QED) is 0.676. The van der Waals surface area contributed by atoms with Crippen LogP contribution in [0.15, 0.2) is 18.2 Å². The number of carbonyl (C=O) groups excluding carboxylic acids is 1. The van der Waals surface area contributed by atoms with Crippen molar-refractivity contribution in [3.8, 4) is 5.75 Å². The molecule has 1 unspecified atom stereocenters. The van der Waals surface area contributed by atoms with Gasteiger partial charge in [0, 0.05) is 0 Å². The second-order valence-corrected chi connectivity index (χ2v) is 4.85. The van der Waals surface area contributed by atoms with Gasteiger partial charge in [0.05, 0.1) is 5.69 Å². The highest BCUT2D eigenvalue weighted by molar-refractivity contribution is 9.09. The van der Waals surface area contributed by atoms with Crippen LogP contribution in [-0.4, -0.2) is 24.9 Å². The van der Waals surface area contributed by atoms with E-state index in [1.54, 1.807) is 0 Å². The highest BCUT2D eigenvalue weighted by atomic mass is 79.9. The average molecular weight is 342 g/mol. The summed E-state index contributed by atoms with van der Waals surface area (Å²) < 4.78 is 56.0. The van der Waals surface area contributed by atoms with Gasteiger partial charge in [-0.3, -0.25) is 4.79 Å². The Morgan fingerprint density at radius 1 is 1.37 bits per heavy atom. The molecule has 0 fully saturated rings. The molecule has 0 aromatic heterocycles. The summed E-state index contributed by atoms with van der Waals surface area (Å²) >= 11 is 2.57. The topological polar surface area (TPSA) is 38.3 Å². The summed E-state index contributed by atoms with van der Waals surface area (Å²) in [5.41, 5.74) is 0.109. The van der Waals surface area contributed by atoms with Crippen LogP contribution in [-0.2, 0) is 4.79 Å². The fourth-order valence-corrected chi connectivity index (χ4v) is 2.08. The molecule has 2 rings (SSSR count). The number of rotatable bonds is 3. The van der Waals surface area contributed by atoms with Crippen molar-refractivity contribution in [3.05, 3.63) is 23.8 Å². The summed E-state index contributed by atoms with van der Waals surface area (Å²) in [6.45, 7) is -0.169. The largest absolute Gasteiger partial charge is 0.482 e. The van der Waals surface area contributed by atoms with Gasteiger partial charge in [-0.15, -0.1) is 0 Å². The predicted molar refractivity (Wildman–Crippen MR) is 63.2 cm³/mol. The van der Waals surface area contributed by atoms with Crippen molar-refractivity contribution in [1.29, 1.82) is 0 Å². The lowest BCUT2D eigenvalue weighted by Gasteiger charge is -2.24. The molecular formula is C11H8BrF4NO2. The third-order valence-electron chi connectivity index (χ3n) is 2.56. The van der Waals surface area contributed by atoms with Gasteiger partial charge in [-0.2, -0.15) is 8.78 Å². The van der Waals surface area contributed by atoms with Crippen LogP contribution in [0, 0.1) is 0 Å². The number of hydrogen-bond acceptors (Lipinski definition) is 2. The third kappa shape index (κ3) is 2.68. The van der Waals surface area contributed by atoms with Gasteiger partial charge in [0.15, 0.2) is 6.61 Å². The van der Waals surface area contributed by atoms with Crippen LogP contribution >= 0.6 is 15.9 Å². The van der Waals surface area contributed by atoms with Crippen LogP contribution in [0.25, 0.3) is 0 Å². The number of carbonyl (C=O) groups is 1. The van der Waals surface area contributed by atoms with Gasteiger partial charge >= 0.3 is 12.3 Å². The molecule has 1 heterocycles. The van der Waals surface area contributed by atoms with Gasteiger partial charge in [0.25, 0.3) is 5.91 Å². The molecule has 0 spiro atoms. The number of hydrogen-bond donors (Lipinski definition) is 1. The zero-order chi connectivity index (χ0) is 14.2. The Balaban J connectivity index is 2.32. The number of amides is 1. The number of nitrogens with one attached hydrogen (secondary N) is 1. The third-order valence-corrected chi connectivity index (χ3v) is 3.70. The molecule has 0 radical (unpaired) electrons. The molecule has 0 saturated heterocycles. The van der Waals surface area contributed by atoms with E-state index in [-0.39, 0.29) is 17.9 Å². The Labute approximate surface area is 114 Å². The minimum Gasteiger partial charge on any atom is -0.482 e. The van der Waals surface area contributed by atoms with Crippen molar-refractivity contribution < 1.29 is 27.1 Å². The van der Waals surface area contributed by atoms with E-state index in [1.807, 2.05) is 0 Å². The van der Waals surface area contributed by atoms with Crippen molar-refractivity contribution in [2.24, 2.45) is 0 Å². The van der Waals surface area contributed by atoms with Crippen molar-refractivity contribution in [2.45, 2.75) is 17.2 Å². The van der Waals surface area contributed by atoms with Gasteiger partial charge in [0.2, 0.25) is 0 Å². The van der Waals surface area contributed by atoms with Gasteiger partial charge in [0.1, 0.15) is 10.6 Å². The molecule has 8 heteroatoms. The van der Waals surface area contributed by atoms with Gasteiger partial charge in [-0.1, -0.05) is 22.0 Å². The minimum absolute atomic E-state index is 0.0742. The number of benzene rings is 1. The first-order valence-electron chi connectivity index (χ1n) is 5.19.